The molecule has 1 saturated heterocycles. The van der Waals surface area contributed by atoms with Gasteiger partial charge < -0.3 is 14.5 Å². The first-order valence-corrected chi connectivity index (χ1v) is 13.5. The van der Waals surface area contributed by atoms with Crippen LogP contribution in [-0.4, -0.2) is 64.2 Å². The van der Waals surface area contributed by atoms with Gasteiger partial charge in [0.1, 0.15) is 18.1 Å². The standard InChI is InChI=1S/C29H42N4O3/c1-22(2)19-25-20-26(31(4)30-25)28(35)33-17-18-36-27-11-6-5-9-24(27)10-7-8-12-29(21-33)13-15-32(16-14-29)23(3)34/h5-6,9,11,20,22H,7-8,10,12-19,21H2,1-4H3. The first-order chi connectivity index (χ1) is 17.3. The Morgan fingerprint density at radius 1 is 1.06 bits per heavy atom. The summed E-state index contributed by atoms with van der Waals surface area (Å²) in [5.41, 5.74) is 2.84. The number of likely N-dealkylation sites (tertiary alicyclic amines) is 1. The summed E-state index contributed by atoms with van der Waals surface area (Å²) in [5, 5.41) is 4.63. The Morgan fingerprint density at radius 3 is 2.53 bits per heavy atom. The van der Waals surface area contributed by atoms with E-state index in [1.807, 2.05) is 35.0 Å². The summed E-state index contributed by atoms with van der Waals surface area (Å²) in [7, 11) is 1.86. The highest BCUT2D eigenvalue weighted by Gasteiger charge is 2.38. The van der Waals surface area contributed by atoms with Gasteiger partial charge in [-0.15, -0.1) is 0 Å². The van der Waals surface area contributed by atoms with Crippen LogP contribution in [0.1, 0.15) is 74.6 Å². The second kappa shape index (κ2) is 11.5. The van der Waals surface area contributed by atoms with E-state index in [0.29, 0.717) is 31.3 Å². The van der Waals surface area contributed by atoms with Crippen LogP contribution in [0.2, 0.25) is 0 Å². The average molecular weight is 495 g/mol. The van der Waals surface area contributed by atoms with Gasteiger partial charge in [0, 0.05) is 33.6 Å². The molecule has 0 unspecified atom stereocenters. The van der Waals surface area contributed by atoms with Crippen LogP contribution in [-0.2, 0) is 24.7 Å². The molecule has 7 nitrogen and oxygen atoms in total. The fourth-order valence-electron chi connectivity index (χ4n) is 5.78. The van der Waals surface area contributed by atoms with Gasteiger partial charge in [-0.3, -0.25) is 14.3 Å². The Morgan fingerprint density at radius 2 is 1.81 bits per heavy atom. The molecule has 0 radical (unpaired) electrons. The first kappa shape index (κ1) is 26.2. The van der Waals surface area contributed by atoms with Crippen molar-refractivity contribution in [3.05, 3.63) is 47.3 Å². The lowest BCUT2D eigenvalue weighted by molar-refractivity contribution is -0.131. The molecule has 0 atom stereocenters. The van der Waals surface area contributed by atoms with Gasteiger partial charge in [0.25, 0.3) is 5.91 Å². The summed E-state index contributed by atoms with van der Waals surface area (Å²) in [4.78, 5) is 29.9. The van der Waals surface area contributed by atoms with E-state index < -0.39 is 0 Å². The fourth-order valence-corrected chi connectivity index (χ4v) is 5.78. The number of piperidine rings is 1. The van der Waals surface area contributed by atoms with Crippen LogP contribution in [0.25, 0.3) is 0 Å². The number of aromatic nitrogens is 2. The van der Waals surface area contributed by atoms with Crippen molar-refractivity contribution in [2.45, 2.75) is 65.7 Å². The second-order valence-electron chi connectivity index (χ2n) is 11.1. The molecule has 3 heterocycles. The van der Waals surface area contributed by atoms with E-state index in [1.165, 1.54) is 5.56 Å². The molecule has 2 aromatic rings. The number of carbonyl (C=O) groups excluding carboxylic acids is 2. The van der Waals surface area contributed by atoms with Crippen molar-refractivity contribution in [3.63, 3.8) is 0 Å². The maximum absolute atomic E-state index is 13.9. The predicted octanol–water partition coefficient (Wildman–Crippen LogP) is 4.49. The molecule has 2 aliphatic heterocycles. The van der Waals surface area contributed by atoms with Crippen molar-refractivity contribution in [2.24, 2.45) is 18.4 Å². The molecule has 2 amide bonds. The van der Waals surface area contributed by atoms with Crippen LogP contribution < -0.4 is 4.74 Å². The highest BCUT2D eigenvalue weighted by atomic mass is 16.5. The minimum atomic E-state index is 0.0136. The SMILES string of the molecule is CC(=O)N1CCC2(CCCCc3ccccc3OCCN(C(=O)c3cc(CC(C)C)nn3C)C2)CC1. The number of rotatable bonds is 3. The summed E-state index contributed by atoms with van der Waals surface area (Å²) in [6, 6.07) is 10.2. The summed E-state index contributed by atoms with van der Waals surface area (Å²) >= 11 is 0. The van der Waals surface area contributed by atoms with E-state index in [1.54, 1.807) is 11.6 Å². The number of aryl methyl sites for hydroxylation is 2. The molecule has 0 bridgehead atoms. The molecular weight excluding hydrogens is 452 g/mol. The minimum absolute atomic E-state index is 0.0136. The minimum Gasteiger partial charge on any atom is -0.491 e. The number of hydrogen-bond donors (Lipinski definition) is 0. The van der Waals surface area contributed by atoms with E-state index in [0.717, 1.165) is 69.5 Å². The van der Waals surface area contributed by atoms with Crippen molar-refractivity contribution in [3.8, 4) is 5.75 Å². The van der Waals surface area contributed by atoms with Gasteiger partial charge in [0.15, 0.2) is 0 Å². The number of para-hydroxylation sites is 1. The number of ether oxygens (including phenoxy) is 1. The number of nitrogens with zero attached hydrogens (tertiary/aromatic N) is 4. The molecule has 7 heteroatoms. The van der Waals surface area contributed by atoms with E-state index in [9.17, 15) is 9.59 Å². The Balaban J connectivity index is 1.60. The third kappa shape index (κ3) is 6.29. The van der Waals surface area contributed by atoms with Crippen molar-refractivity contribution in [1.82, 2.24) is 19.6 Å². The first-order valence-electron chi connectivity index (χ1n) is 13.5. The number of amides is 2. The summed E-state index contributed by atoms with van der Waals surface area (Å²) < 4.78 is 7.95. The van der Waals surface area contributed by atoms with E-state index in [4.69, 9.17) is 4.74 Å². The summed E-state index contributed by atoms with van der Waals surface area (Å²) in [5.74, 6) is 1.56. The number of fused-ring (bicyclic) bond motifs is 1. The van der Waals surface area contributed by atoms with E-state index >= 15 is 0 Å². The normalized spacial score (nSPS) is 18.8. The maximum atomic E-state index is 13.9. The molecule has 4 rings (SSSR count). The molecular formula is C29H42N4O3. The third-order valence-corrected chi connectivity index (χ3v) is 7.84. The number of carbonyl (C=O) groups is 2. The van der Waals surface area contributed by atoms with Crippen molar-refractivity contribution in [2.75, 3.05) is 32.8 Å². The predicted molar refractivity (Wildman–Crippen MR) is 141 cm³/mol. The largest absolute Gasteiger partial charge is 0.491 e. The number of benzene rings is 1. The van der Waals surface area contributed by atoms with Gasteiger partial charge in [-0.05, 0) is 67.6 Å². The van der Waals surface area contributed by atoms with Gasteiger partial charge in [0.05, 0.1) is 12.2 Å². The third-order valence-electron chi connectivity index (χ3n) is 7.84. The Labute approximate surface area is 215 Å². The highest BCUT2D eigenvalue weighted by molar-refractivity contribution is 5.92. The molecule has 0 saturated carbocycles. The monoisotopic (exact) mass is 494 g/mol. The lowest BCUT2D eigenvalue weighted by Gasteiger charge is -2.44. The Kier molecular flexibility index (Phi) is 8.37. The molecule has 0 N–H and O–H groups in total. The molecule has 1 aromatic heterocycles. The lowest BCUT2D eigenvalue weighted by Crippen LogP contribution is -2.49. The van der Waals surface area contributed by atoms with Crippen LogP contribution in [0.5, 0.6) is 5.75 Å². The van der Waals surface area contributed by atoms with Gasteiger partial charge in [-0.25, -0.2) is 0 Å². The van der Waals surface area contributed by atoms with Crippen molar-refractivity contribution >= 4 is 11.8 Å². The second-order valence-corrected chi connectivity index (χ2v) is 11.1. The Hall–Kier alpha value is -2.83. The van der Waals surface area contributed by atoms with Crippen LogP contribution in [0.3, 0.4) is 0 Å². The van der Waals surface area contributed by atoms with Crippen LogP contribution in [0.4, 0.5) is 0 Å². The molecule has 2 aliphatic rings. The van der Waals surface area contributed by atoms with Gasteiger partial charge in [-0.1, -0.05) is 38.5 Å². The quantitative estimate of drug-likeness (QED) is 0.630. The summed E-state index contributed by atoms with van der Waals surface area (Å²) in [6.07, 6.45) is 6.96. The zero-order valence-corrected chi connectivity index (χ0v) is 22.5. The van der Waals surface area contributed by atoms with Crippen molar-refractivity contribution < 1.29 is 14.3 Å². The van der Waals surface area contributed by atoms with E-state index in [2.05, 4.69) is 31.1 Å². The van der Waals surface area contributed by atoms with Gasteiger partial charge in [-0.2, -0.15) is 5.10 Å². The smallest absolute Gasteiger partial charge is 0.272 e. The number of hydrogen-bond acceptors (Lipinski definition) is 4. The molecule has 196 valence electrons. The molecule has 1 aromatic carbocycles. The highest BCUT2D eigenvalue weighted by Crippen LogP contribution is 2.38. The zero-order valence-electron chi connectivity index (χ0n) is 22.5. The van der Waals surface area contributed by atoms with Crippen molar-refractivity contribution in [1.29, 1.82) is 0 Å². The molecule has 1 spiro atoms. The summed E-state index contributed by atoms with van der Waals surface area (Å²) in [6.45, 7) is 9.18. The maximum Gasteiger partial charge on any atom is 0.272 e. The average Bonchev–Trinajstić information content (AvgIpc) is 3.20. The van der Waals surface area contributed by atoms with Gasteiger partial charge in [0.2, 0.25) is 5.91 Å². The zero-order chi connectivity index (χ0) is 25.7. The molecule has 36 heavy (non-hydrogen) atoms. The molecule has 1 fully saturated rings. The van der Waals surface area contributed by atoms with Gasteiger partial charge >= 0.3 is 0 Å². The van der Waals surface area contributed by atoms with Crippen LogP contribution in [0.15, 0.2) is 30.3 Å². The molecule has 0 aliphatic carbocycles. The van der Waals surface area contributed by atoms with E-state index in [-0.39, 0.29) is 17.2 Å². The topological polar surface area (TPSA) is 67.7 Å². The lowest BCUT2D eigenvalue weighted by atomic mass is 9.73. The van der Waals surface area contributed by atoms with Crippen LogP contribution in [0, 0.1) is 11.3 Å². The Bertz CT molecular complexity index is 1050. The fraction of sp³-hybridized carbons (Fsp3) is 0.621. The van der Waals surface area contributed by atoms with Crippen LogP contribution >= 0.6 is 0 Å².